The molecular weight excluding hydrogens is 254 g/mol. The highest BCUT2D eigenvalue weighted by Gasteiger charge is 2.39. The van der Waals surface area contributed by atoms with E-state index in [1.807, 2.05) is 31.2 Å². The zero-order chi connectivity index (χ0) is 14.8. The van der Waals surface area contributed by atoms with Crippen molar-refractivity contribution >= 4 is 5.91 Å². The minimum absolute atomic E-state index is 0.159. The number of aliphatic hydroxyl groups is 1. The number of nitrogens with one attached hydrogen (secondary N) is 1. The Balaban J connectivity index is 1.95. The zero-order valence-electron chi connectivity index (χ0n) is 12.3. The van der Waals surface area contributed by atoms with Crippen molar-refractivity contribution in [2.75, 3.05) is 13.2 Å². The van der Waals surface area contributed by atoms with Crippen molar-refractivity contribution in [3.63, 3.8) is 0 Å². The molecule has 1 aliphatic heterocycles. The molecule has 1 aliphatic rings. The fourth-order valence-corrected chi connectivity index (χ4v) is 2.36. The minimum atomic E-state index is -0.951. The Labute approximate surface area is 120 Å². The molecule has 0 bridgehead atoms. The number of rotatable bonds is 4. The molecule has 1 saturated heterocycles. The molecule has 1 aromatic carbocycles. The predicted octanol–water partition coefficient (Wildman–Crippen LogP) is 2.08. The summed E-state index contributed by atoms with van der Waals surface area (Å²) in [6.07, 6.45) is 0.312. The van der Waals surface area contributed by atoms with E-state index in [1.165, 1.54) is 5.56 Å². The number of amides is 1. The first-order chi connectivity index (χ1) is 9.42. The summed E-state index contributed by atoms with van der Waals surface area (Å²) in [6.45, 7) is 6.82. The van der Waals surface area contributed by atoms with Crippen LogP contribution >= 0.6 is 0 Å². The molecule has 1 amide bonds. The van der Waals surface area contributed by atoms with Gasteiger partial charge in [0.15, 0.2) is 0 Å². The molecule has 2 atom stereocenters. The smallest absolute Gasteiger partial charge is 0.251 e. The molecule has 4 heteroatoms. The standard InChI is InChI=1S/C16H23NO3/c1-11(2)13-4-6-14(7-5-13)15(18)17-10-16(19)8-9-20-12(16)3/h4-7,11-12,19H,8-10H2,1-3H3,(H,17,18). The summed E-state index contributed by atoms with van der Waals surface area (Å²) in [7, 11) is 0. The first-order valence-corrected chi connectivity index (χ1v) is 7.14. The van der Waals surface area contributed by atoms with Gasteiger partial charge in [0.25, 0.3) is 5.91 Å². The number of hydrogen-bond donors (Lipinski definition) is 2. The molecule has 1 aromatic rings. The molecule has 110 valence electrons. The van der Waals surface area contributed by atoms with E-state index in [9.17, 15) is 9.90 Å². The Bertz CT molecular complexity index is 469. The number of carbonyl (C=O) groups is 1. The number of carbonyl (C=O) groups excluding carboxylic acids is 1. The lowest BCUT2D eigenvalue weighted by Crippen LogP contribution is -2.47. The Morgan fingerprint density at radius 2 is 2.10 bits per heavy atom. The molecule has 2 unspecified atom stereocenters. The molecule has 1 fully saturated rings. The zero-order valence-corrected chi connectivity index (χ0v) is 12.3. The van der Waals surface area contributed by atoms with Crippen molar-refractivity contribution in [3.8, 4) is 0 Å². The quantitative estimate of drug-likeness (QED) is 0.886. The van der Waals surface area contributed by atoms with Gasteiger partial charge < -0.3 is 15.2 Å². The second-order valence-electron chi connectivity index (χ2n) is 5.83. The van der Waals surface area contributed by atoms with Crippen molar-refractivity contribution < 1.29 is 14.6 Å². The normalized spacial score (nSPS) is 25.9. The van der Waals surface area contributed by atoms with Crippen LogP contribution in [0.5, 0.6) is 0 Å². The molecule has 0 spiro atoms. The lowest BCUT2D eigenvalue weighted by molar-refractivity contribution is -0.0251. The maximum atomic E-state index is 12.1. The molecule has 0 saturated carbocycles. The molecule has 4 nitrogen and oxygen atoms in total. The molecule has 0 aliphatic carbocycles. The highest BCUT2D eigenvalue weighted by Crippen LogP contribution is 2.24. The summed E-state index contributed by atoms with van der Waals surface area (Å²) in [5.74, 6) is 0.289. The van der Waals surface area contributed by atoms with Crippen LogP contribution in [0.3, 0.4) is 0 Å². The van der Waals surface area contributed by atoms with Crippen LogP contribution in [0.15, 0.2) is 24.3 Å². The van der Waals surface area contributed by atoms with E-state index in [4.69, 9.17) is 4.74 Å². The van der Waals surface area contributed by atoms with Crippen LogP contribution in [-0.4, -0.2) is 35.9 Å². The van der Waals surface area contributed by atoms with Gasteiger partial charge in [-0.05, 0) is 30.5 Å². The van der Waals surface area contributed by atoms with Crippen LogP contribution in [0.2, 0.25) is 0 Å². The van der Waals surface area contributed by atoms with Gasteiger partial charge in [-0.2, -0.15) is 0 Å². The molecule has 1 heterocycles. The summed E-state index contributed by atoms with van der Waals surface area (Å²) >= 11 is 0. The molecule has 20 heavy (non-hydrogen) atoms. The summed E-state index contributed by atoms with van der Waals surface area (Å²) in [4.78, 5) is 12.1. The predicted molar refractivity (Wildman–Crippen MR) is 77.8 cm³/mol. The second kappa shape index (κ2) is 5.94. The Morgan fingerprint density at radius 3 is 2.60 bits per heavy atom. The Morgan fingerprint density at radius 1 is 1.45 bits per heavy atom. The molecule has 2 N–H and O–H groups in total. The maximum absolute atomic E-state index is 12.1. The lowest BCUT2D eigenvalue weighted by atomic mass is 9.96. The van der Waals surface area contributed by atoms with Gasteiger partial charge in [-0.1, -0.05) is 26.0 Å². The third kappa shape index (κ3) is 3.19. The van der Waals surface area contributed by atoms with Crippen molar-refractivity contribution in [2.24, 2.45) is 0 Å². The summed E-state index contributed by atoms with van der Waals surface area (Å²) in [5, 5.41) is 13.1. The van der Waals surface area contributed by atoms with Gasteiger partial charge in [-0.25, -0.2) is 0 Å². The van der Waals surface area contributed by atoms with Gasteiger partial charge in [0.05, 0.1) is 6.10 Å². The third-order valence-electron chi connectivity index (χ3n) is 4.05. The fraction of sp³-hybridized carbons (Fsp3) is 0.562. The van der Waals surface area contributed by atoms with Gasteiger partial charge in [0.2, 0.25) is 0 Å². The van der Waals surface area contributed by atoms with E-state index < -0.39 is 5.60 Å². The van der Waals surface area contributed by atoms with Crippen molar-refractivity contribution in [1.29, 1.82) is 0 Å². The van der Waals surface area contributed by atoms with E-state index in [-0.39, 0.29) is 18.6 Å². The van der Waals surface area contributed by atoms with Crippen LogP contribution in [-0.2, 0) is 4.74 Å². The largest absolute Gasteiger partial charge is 0.385 e. The van der Waals surface area contributed by atoms with Gasteiger partial charge >= 0.3 is 0 Å². The minimum Gasteiger partial charge on any atom is -0.385 e. The third-order valence-corrected chi connectivity index (χ3v) is 4.05. The lowest BCUT2D eigenvalue weighted by Gasteiger charge is -2.26. The number of ether oxygens (including phenoxy) is 1. The van der Waals surface area contributed by atoms with E-state index >= 15 is 0 Å². The van der Waals surface area contributed by atoms with E-state index in [0.717, 1.165) is 0 Å². The summed E-state index contributed by atoms with van der Waals surface area (Å²) < 4.78 is 5.35. The first kappa shape index (κ1) is 15.0. The summed E-state index contributed by atoms with van der Waals surface area (Å²) in [6, 6.07) is 7.58. The fourth-order valence-electron chi connectivity index (χ4n) is 2.36. The van der Waals surface area contributed by atoms with Crippen LogP contribution in [0, 0.1) is 0 Å². The van der Waals surface area contributed by atoms with Crippen LogP contribution < -0.4 is 5.32 Å². The highest BCUT2D eigenvalue weighted by atomic mass is 16.5. The average molecular weight is 277 g/mol. The summed E-state index contributed by atoms with van der Waals surface area (Å²) in [5.41, 5.74) is 0.871. The molecular formula is C16H23NO3. The van der Waals surface area contributed by atoms with Gasteiger partial charge in [0, 0.05) is 25.1 Å². The monoisotopic (exact) mass is 277 g/mol. The van der Waals surface area contributed by atoms with Gasteiger partial charge in [-0.15, -0.1) is 0 Å². The SMILES string of the molecule is CC(C)c1ccc(C(=O)NCC2(O)CCOC2C)cc1. The number of hydrogen-bond acceptors (Lipinski definition) is 3. The highest BCUT2D eigenvalue weighted by molar-refractivity contribution is 5.94. The van der Waals surface area contributed by atoms with Gasteiger partial charge in [0.1, 0.15) is 5.60 Å². The van der Waals surface area contributed by atoms with E-state index in [2.05, 4.69) is 19.2 Å². The average Bonchev–Trinajstić information content (AvgIpc) is 2.76. The Hall–Kier alpha value is -1.39. The van der Waals surface area contributed by atoms with Crippen LogP contribution in [0.1, 0.15) is 49.0 Å². The maximum Gasteiger partial charge on any atom is 0.251 e. The van der Waals surface area contributed by atoms with Crippen molar-refractivity contribution in [3.05, 3.63) is 35.4 Å². The van der Waals surface area contributed by atoms with Crippen molar-refractivity contribution in [2.45, 2.75) is 44.8 Å². The Kier molecular flexibility index (Phi) is 4.45. The second-order valence-corrected chi connectivity index (χ2v) is 5.83. The van der Waals surface area contributed by atoms with Crippen LogP contribution in [0.4, 0.5) is 0 Å². The van der Waals surface area contributed by atoms with E-state index in [0.29, 0.717) is 24.5 Å². The van der Waals surface area contributed by atoms with Gasteiger partial charge in [-0.3, -0.25) is 4.79 Å². The van der Waals surface area contributed by atoms with Crippen molar-refractivity contribution in [1.82, 2.24) is 5.32 Å². The van der Waals surface area contributed by atoms with Crippen LogP contribution in [0.25, 0.3) is 0 Å². The molecule has 2 rings (SSSR count). The first-order valence-electron chi connectivity index (χ1n) is 7.14. The van der Waals surface area contributed by atoms with E-state index in [1.54, 1.807) is 0 Å². The molecule has 0 aromatic heterocycles. The topological polar surface area (TPSA) is 58.6 Å². The molecule has 0 radical (unpaired) electrons. The number of benzene rings is 1.